The van der Waals surface area contributed by atoms with E-state index >= 15 is 0 Å². The number of pyridine rings is 3. The van der Waals surface area contributed by atoms with Crippen LogP contribution in [-0.4, -0.2) is 45.6 Å². The molecule has 2 N–H and O–H groups in total. The van der Waals surface area contributed by atoms with E-state index in [0.717, 1.165) is 66.1 Å². The minimum atomic E-state index is 0.0493. The molecule has 1 saturated carbocycles. The van der Waals surface area contributed by atoms with Crippen molar-refractivity contribution in [3.8, 4) is 0 Å². The SMILES string of the molecule is O=C(C1CC1)n1c2cncc(c2)c2cc3c(cn2)[nH]nc3c2nc3c(cncc3c3ccc1s3)[nH]2. The van der Waals surface area contributed by atoms with Crippen LogP contribution in [0.3, 0.4) is 0 Å². The van der Waals surface area contributed by atoms with E-state index in [4.69, 9.17) is 4.98 Å². The predicted molar refractivity (Wildman–Crippen MR) is 136 cm³/mol. The van der Waals surface area contributed by atoms with Crippen molar-refractivity contribution in [1.82, 2.24) is 39.7 Å². The molecule has 1 aliphatic rings. The number of hydrogen-bond acceptors (Lipinski definition) is 7. The average molecular weight is 477 g/mol. The molecule has 7 aromatic rings. The molecule has 1 aliphatic carbocycles. The second-order valence-corrected chi connectivity index (χ2v) is 9.94. The second-order valence-electron chi connectivity index (χ2n) is 8.87. The van der Waals surface area contributed by atoms with Crippen molar-refractivity contribution in [3.63, 3.8) is 0 Å². The Morgan fingerprint density at radius 2 is 1.89 bits per heavy atom. The molecule has 35 heavy (non-hydrogen) atoms. The maximum atomic E-state index is 13.5. The third-order valence-electron chi connectivity index (χ3n) is 6.57. The van der Waals surface area contributed by atoms with Gasteiger partial charge in [0.05, 0.1) is 40.7 Å². The van der Waals surface area contributed by atoms with Crippen LogP contribution in [0.1, 0.15) is 17.6 Å². The summed E-state index contributed by atoms with van der Waals surface area (Å²) in [5, 5.41) is 10.2. The number of imidazole rings is 1. The van der Waals surface area contributed by atoms with E-state index in [1.54, 1.807) is 40.7 Å². The van der Waals surface area contributed by atoms with Gasteiger partial charge < -0.3 is 4.98 Å². The lowest BCUT2D eigenvalue weighted by Crippen LogP contribution is -2.12. The van der Waals surface area contributed by atoms with Crippen LogP contribution in [0.2, 0.25) is 0 Å². The Labute approximate surface area is 200 Å². The van der Waals surface area contributed by atoms with Crippen LogP contribution in [0.15, 0.2) is 55.2 Å². The highest BCUT2D eigenvalue weighted by Crippen LogP contribution is 2.34. The van der Waals surface area contributed by atoms with Crippen LogP contribution < -0.4 is 0 Å². The van der Waals surface area contributed by atoms with E-state index < -0.39 is 0 Å². The highest BCUT2D eigenvalue weighted by atomic mass is 32.1. The molecule has 9 nitrogen and oxygen atoms in total. The number of fused-ring (bicyclic) bond motifs is 9. The summed E-state index contributed by atoms with van der Waals surface area (Å²) in [5.74, 6) is 0.147. The van der Waals surface area contributed by atoms with Crippen molar-refractivity contribution in [3.05, 3.63) is 55.2 Å². The molecule has 0 unspecified atom stereocenters. The van der Waals surface area contributed by atoms with E-state index in [2.05, 4.69) is 30.1 Å². The first-order chi connectivity index (χ1) is 17.2. The highest BCUT2D eigenvalue weighted by molar-refractivity contribution is 7.24. The first kappa shape index (κ1) is 18.9. The fraction of sp³-hybridized carbons (Fsp3) is 0.120. The van der Waals surface area contributed by atoms with Crippen molar-refractivity contribution >= 4 is 81.7 Å². The number of rotatable bonds is 1. The largest absolute Gasteiger partial charge is 0.335 e. The molecular formula is C25H16N8OS. The molecule has 0 amide bonds. The van der Waals surface area contributed by atoms with Gasteiger partial charge in [0.25, 0.3) is 0 Å². The van der Waals surface area contributed by atoms with E-state index in [1.807, 2.05) is 30.5 Å². The summed E-state index contributed by atoms with van der Waals surface area (Å²) in [6.45, 7) is 0. The van der Waals surface area contributed by atoms with Crippen molar-refractivity contribution < 1.29 is 4.79 Å². The third-order valence-corrected chi connectivity index (χ3v) is 7.67. The van der Waals surface area contributed by atoms with Gasteiger partial charge >= 0.3 is 0 Å². The monoisotopic (exact) mass is 476 g/mol. The van der Waals surface area contributed by atoms with Crippen molar-refractivity contribution in [2.75, 3.05) is 0 Å². The number of nitrogens with zero attached hydrogens (tertiary/aromatic N) is 6. The topological polar surface area (TPSA) is 118 Å². The fourth-order valence-corrected chi connectivity index (χ4v) is 5.68. The molecule has 168 valence electrons. The van der Waals surface area contributed by atoms with Gasteiger partial charge in [0.1, 0.15) is 15.9 Å². The molecule has 8 bridgehead atoms. The molecule has 0 atom stereocenters. The summed E-state index contributed by atoms with van der Waals surface area (Å²) >= 11 is 1.54. The molecule has 7 heterocycles. The molecule has 0 radical (unpaired) electrons. The maximum absolute atomic E-state index is 13.5. The van der Waals surface area contributed by atoms with Gasteiger partial charge in [-0.2, -0.15) is 5.10 Å². The van der Waals surface area contributed by atoms with Gasteiger partial charge in [-0.3, -0.25) is 29.4 Å². The first-order valence-electron chi connectivity index (χ1n) is 11.3. The predicted octanol–water partition coefficient (Wildman–Crippen LogP) is 5.27. The zero-order valence-corrected chi connectivity index (χ0v) is 19.0. The third kappa shape index (κ3) is 2.80. The first-order valence-corrected chi connectivity index (χ1v) is 12.1. The quantitative estimate of drug-likeness (QED) is 0.333. The summed E-state index contributed by atoms with van der Waals surface area (Å²) in [6, 6.07) is 7.98. The van der Waals surface area contributed by atoms with Crippen molar-refractivity contribution in [2.24, 2.45) is 5.92 Å². The minimum absolute atomic E-state index is 0.0493. The Balaban J connectivity index is 1.65. The minimum Gasteiger partial charge on any atom is -0.335 e. The normalized spacial score (nSPS) is 14.1. The van der Waals surface area contributed by atoms with Crippen LogP contribution in [0.5, 0.6) is 0 Å². The number of nitrogens with one attached hydrogen (secondary N) is 2. The molecule has 10 heteroatoms. The van der Waals surface area contributed by atoms with Gasteiger partial charge in [0.2, 0.25) is 5.91 Å². The number of aromatic amines is 2. The molecule has 0 spiro atoms. The fourth-order valence-electron chi connectivity index (χ4n) is 4.64. The van der Waals surface area contributed by atoms with E-state index in [9.17, 15) is 4.79 Å². The number of carbonyl (C=O) groups is 1. The summed E-state index contributed by atoms with van der Waals surface area (Å²) in [7, 11) is 0. The Hall–Kier alpha value is -4.44. The number of thiophene rings is 1. The number of H-pyrrole nitrogens is 2. The molecule has 7 aromatic heterocycles. The Morgan fingerprint density at radius 1 is 0.971 bits per heavy atom. The van der Waals surface area contributed by atoms with Gasteiger partial charge in [-0.1, -0.05) is 0 Å². The zero-order valence-electron chi connectivity index (χ0n) is 18.2. The lowest BCUT2D eigenvalue weighted by molar-refractivity contribution is 0.0896. The van der Waals surface area contributed by atoms with Gasteiger partial charge in [-0.05, 0) is 37.1 Å². The lowest BCUT2D eigenvalue weighted by Gasteiger charge is -2.06. The number of aromatic nitrogens is 8. The van der Waals surface area contributed by atoms with E-state index in [1.165, 1.54) is 0 Å². The smallest absolute Gasteiger partial charge is 0.235 e. The second kappa shape index (κ2) is 6.80. The average Bonchev–Trinajstić information content (AvgIpc) is 3.26. The van der Waals surface area contributed by atoms with Crippen molar-refractivity contribution in [1.29, 1.82) is 0 Å². The highest BCUT2D eigenvalue weighted by Gasteiger charge is 2.31. The Kier molecular flexibility index (Phi) is 3.68. The van der Waals surface area contributed by atoms with E-state index in [-0.39, 0.29) is 11.8 Å². The van der Waals surface area contributed by atoms with Crippen LogP contribution in [-0.2, 0) is 0 Å². The van der Waals surface area contributed by atoms with Gasteiger partial charge in [-0.25, -0.2) is 4.98 Å². The summed E-state index contributed by atoms with van der Waals surface area (Å²) in [5.41, 5.74) is 5.28. The van der Waals surface area contributed by atoms with Crippen LogP contribution in [0.25, 0.3) is 64.4 Å². The molecule has 1 fully saturated rings. The lowest BCUT2D eigenvalue weighted by atomic mass is 10.2. The summed E-state index contributed by atoms with van der Waals surface area (Å²) in [4.78, 5) is 36.2. The zero-order chi connectivity index (χ0) is 23.1. The molecule has 0 aliphatic heterocycles. The van der Waals surface area contributed by atoms with Gasteiger partial charge in [-0.15, -0.1) is 11.3 Å². The Bertz CT molecular complexity index is 2060. The van der Waals surface area contributed by atoms with Crippen LogP contribution >= 0.6 is 11.3 Å². The standard InChI is InChI=1S/C25H16N8OS/c34-25(12-1-2-12)33-14-5-13(7-26-8-14)17-6-15-18(11-28-17)31-32-23(15)24-29-19-10-27-9-16(22(19)30-24)20-3-4-21(33)35-20/h3-12H,1-2H2,(H,29,30)(H,31,32). The van der Waals surface area contributed by atoms with Gasteiger partial charge in [0.15, 0.2) is 5.65 Å². The molecule has 0 aromatic carbocycles. The molecular weight excluding hydrogens is 460 g/mol. The van der Waals surface area contributed by atoms with E-state index in [0.29, 0.717) is 11.2 Å². The number of hydrogen-bond donors (Lipinski definition) is 2. The summed E-state index contributed by atoms with van der Waals surface area (Å²) < 4.78 is 2.78. The summed E-state index contributed by atoms with van der Waals surface area (Å²) in [6.07, 6.45) is 10.7. The van der Waals surface area contributed by atoms with Gasteiger partial charge in [0, 0.05) is 39.2 Å². The number of carbonyl (C=O) groups excluding carboxylic acids is 1. The maximum Gasteiger partial charge on any atom is 0.235 e. The van der Waals surface area contributed by atoms with Crippen LogP contribution in [0, 0.1) is 5.92 Å². The molecule has 0 saturated heterocycles. The Morgan fingerprint density at radius 3 is 2.80 bits per heavy atom. The molecule has 8 rings (SSSR count). The van der Waals surface area contributed by atoms with Crippen molar-refractivity contribution in [2.45, 2.75) is 12.8 Å². The van der Waals surface area contributed by atoms with Crippen LogP contribution in [0.4, 0.5) is 0 Å².